The molecule has 0 saturated carbocycles. The molecule has 1 rings (SSSR count). The first-order valence-electron chi connectivity index (χ1n) is 4.76. The molecule has 0 aliphatic carbocycles. The van der Waals surface area contributed by atoms with E-state index in [2.05, 4.69) is 6.92 Å². The number of rotatable bonds is 2. The van der Waals surface area contributed by atoms with Gasteiger partial charge in [-0.05, 0) is 18.3 Å². The van der Waals surface area contributed by atoms with E-state index in [1.165, 1.54) is 0 Å². The van der Waals surface area contributed by atoms with E-state index in [1.807, 2.05) is 0 Å². The van der Waals surface area contributed by atoms with Crippen molar-refractivity contribution in [2.24, 2.45) is 17.6 Å². The maximum absolute atomic E-state index is 11.3. The number of carbonyl (C=O) groups excluding carboxylic acids is 1. The molecule has 0 aromatic rings. The van der Waals surface area contributed by atoms with Gasteiger partial charge in [-0.25, -0.2) is 0 Å². The van der Waals surface area contributed by atoms with Crippen molar-refractivity contribution in [1.82, 2.24) is 4.90 Å². The van der Waals surface area contributed by atoms with E-state index in [0.717, 1.165) is 13.0 Å². The number of nitrogens with zero attached hydrogens (tertiary/aromatic N) is 1. The highest BCUT2D eigenvalue weighted by atomic mass is 16.3. The summed E-state index contributed by atoms with van der Waals surface area (Å²) in [5.41, 5.74) is 5.28. The highest BCUT2D eigenvalue weighted by molar-refractivity contribution is 5.78. The van der Waals surface area contributed by atoms with Crippen LogP contribution in [-0.4, -0.2) is 42.2 Å². The molecule has 3 N–H and O–H groups in total. The summed E-state index contributed by atoms with van der Waals surface area (Å²) in [6.45, 7) is 3.78. The normalized spacial score (nSPS) is 29.0. The Morgan fingerprint density at radius 3 is 2.85 bits per heavy atom. The largest absolute Gasteiger partial charge is 0.396 e. The van der Waals surface area contributed by atoms with Gasteiger partial charge in [-0.3, -0.25) is 4.79 Å². The van der Waals surface area contributed by atoms with Crippen LogP contribution in [0.5, 0.6) is 0 Å². The third-order valence-electron chi connectivity index (χ3n) is 2.53. The number of hydrogen-bond donors (Lipinski definition) is 2. The van der Waals surface area contributed by atoms with Gasteiger partial charge in [0.05, 0.1) is 6.54 Å². The minimum Gasteiger partial charge on any atom is -0.396 e. The summed E-state index contributed by atoms with van der Waals surface area (Å²) in [6, 6.07) is 0. The van der Waals surface area contributed by atoms with Crippen molar-refractivity contribution < 1.29 is 9.90 Å². The predicted octanol–water partition coefficient (Wildman–Crippen LogP) is -0.578. The average molecular weight is 186 g/mol. The average Bonchev–Trinajstić information content (AvgIpc) is 2.15. The fourth-order valence-corrected chi connectivity index (χ4v) is 1.95. The smallest absolute Gasteiger partial charge is 0.236 e. The zero-order valence-corrected chi connectivity index (χ0v) is 8.07. The highest BCUT2D eigenvalue weighted by Gasteiger charge is 2.26. The Labute approximate surface area is 78.7 Å². The van der Waals surface area contributed by atoms with Crippen molar-refractivity contribution in [3.05, 3.63) is 0 Å². The van der Waals surface area contributed by atoms with E-state index < -0.39 is 0 Å². The van der Waals surface area contributed by atoms with E-state index in [0.29, 0.717) is 12.5 Å². The summed E-state index contributed by atoms with van der Waals surface area (Å²) in [7, 11) is 0. The fourth-order valence-electron chi connectivity index (χ4n) is 1.95. The van der Waals surface area contributed by atoms with Gasteiger partial charge in [0, 0.05) is 19.7 Å². The highest BCUT2D eigenvalue weighted by Crippen LogP contribution is 2.20. The van der Waals surface area contributed by atoms with Gasteiger partial charge in [0.2, 0.25) is 5.91 Å². The van der Waals surface area contributed by atoms with Gasteiger partial charge in [0.1, 0.15) is 0 Å². The van der Waals surface area contributed by atoms with E-state index in [-0.39, 0.29) is 25.0 Å². The molecule has 0 spiro atoms. The van der Waals surface area contributed by atoms with Crippen LogP contribution in [-0.2, 0) is 4.79 Å². The van der Waals surface area contributed by atoms with Crippen LogP contribution in [0.3, 0.4) is 0 Å². The molecule has 2 atom stereocenters. The molecule has 1 aliphatic heterocycles. The summed E-state index contributed by atoms with van der Waals surface area (Å²) in [6.07, 6.45) is 1.00. The Morgan fingerprint density at radius 1 is 1.62 bits per heavy atom. The number of likely N-dealkylation sites (tertiary alicyclic amines) is 1. The van der Waals surface area contributed by atoms with Crippen molar-refractivity contribution in [2.75, 3.05) is 26.2 Å². The number of hydrogen-bond acceptors (Lipinski definition) is 3. The lowest BCUT2D eigenvalue weighted by molar-refractivity contribution is -0.132. The van der Waals surface area contributed by atoms with Crippen LogP contribution < -0.4 is 5.73 Å². The zero-order chi connectivity index (χ0) is 9.84. The van der Waals surface area contributed by atoms with Crippen molar-refractivity contribution >= 4 is 5.91 Å². The van der Waals surface area contributed by atoms with Crippen LogP contribution >= 0.6 is 0 Å². The zero-order valence-electron chi connectivity index (χ0n) is 8.07. The first-order chi connectivity index (χ1) is 6.17. The molecular weight excluding hydrogens is 168 g/mol. The maximum Gasteiger partial charge on any atom is 0.236 e. The predicted molar refractivity (Wildman–Crippen MR) is 50.0 cm³/mol. The molecule has 0 aromatic carbocycles. The van der Waals surface area contributed by atoms with Crippen molar-refractivity contribution in [1.29, 1.82) is 0 Å². The molecule has 0 radical (unpaired) electrons. The number of aliphatic hydroxyl groups is 1. The summed E-state index contributed by atoms with van der Waals surface area (Å²) in [5.74, 6) is 0.700. The Hall–Kier alpha value is -0.610. The first-order valence-corrected chi connectivity index (χ1v) is 4.76. The molecule has 76 valence electrons. The molecule has 1 fully saturated rings. The lowest BCUT2D eigenvalue weighted by Crippen LogP contribution is -2.46. The third kappa shape index (κ3) is 2.67. The van der Waals surface area contributed by atoms with Crippen LogP contribution in [0.2, 0.25) is 0 Å². The third-order valence-corrected chi connectivity index (χ3v) is 2.53. The Morgan fingerprint density at radius 2 is 2.31 bits per heavy atom. The van der Waals surface area contributed by atoms with E-state index in [4.69, 9.17) is 10.8 Å². The van der Waals surface area contributed by atoms with Crippen LogP contribution in [0.15, 0.2) is 0 Å². The van der Waals surface area contributed by atoms with E-state index >= 15 is 0 Å². The summed E-state index contributed by atoms with van der Waals surface area (Å²) >= 11 is 0. The lowest BCUT2D eigenvalue weighted by Gasteiger charge is -2.35. The lowest BCUT2D eigenvalue weighted by atomic mass is 9.91. The number of nitrogens with two attached hydrogens (primary N) is 1. The monoisotopic (exact) mass is 186 g/mol. The van der Waals surface area contributed by atoms with Crippen LogP contribution in [0.1, 0.15) is 13.3 Å². The van der Waals surface area contributed by atoms with Crippen LogP contribution in [0.4, 0.5) is 0 Å². The first kappa shape index (κ1) is 10.5. The topological polar surface area (TPSA) is 66.6 Å². The summed E-state index contributed by atoms with van der Waals surface area (Å²) in [4.78, 5) is 13.1. The molecule has 2 unspecified atom stereocenters. The van der Waals surface area contributed by atoms with Crippen molar-refractivity contribution in [2.45, 2.75) is 13.3 Å². The maximum atomic E-state index is 11.3. The summed E-state index contributed by atoms with van der Waals surface area (Å²) in [5, 5.41) is 9.01. The molecule has 1 heterocycles. The molecule has 13 heavy (non-hydrogen) atoms. The fraction of sp³-hybridized carbons (Fsp3) is 0.889. The SMILES string of the molecule is CC1CC(CO)CN(C(=O)CN)C1. The molecule has 4 heteroatoms. The Kier molecular flexibility index (Phi) is 3.69. The van der Waals surface area contributed by atoms with Gasteiger partial charge in [0.15, 0.2) is 0 Å². The van der Waals surface area contributed by atoms with Gasteiger partial charge >= 0.3 is 0 Å². The number of aliphatic hydroxyl groups excluding tert-OH is 1. The number of piperidine rings is 1. The second kappa shape index (κ2) is 4.58. The van der Waals surface area contributed by atoms with Gasteiger partial charge in [-0.1, -0.05) is 6.92 Å². The molecule has 1 aliphatic rings. The number of carbonyl (C=O) groups is 1. The second-order valence-electron chi connectivity index (χ2n) is 3.89. The Balaban J connectivity index is 2.51. The number of amides is 1. The molecular formula is C9H18N2O2. The Bertz CT molecular complexity index is 184. The van der Waals surface area contributed by atoms with Crippen LogP contribution in [0, 0.1) is 11.8 Å². The van der Waals surface area contributed by atoms with Gasteiger partial charge in [0.25, 0.3) is 0 Å². The standard InChI is InChI=1S/C9H18N2O2/c1-7-2-8(6-12)5-11(4-7)9(13)3-10/h7-8,12H,2-6,10H2,1H3. The minimum atomic E-state index is -0.00926. The molecule has 0 aromatic heterocycles. The van der Waals surface area contributed by atoms with Crippen LogP contribution in [0.25, 0.3) is 0 Å². The quantitative estimate of drug-likeness (QED) is 0.606. The van der Waals surface area contributed by atoms with Gasteiger partial charge < -0.3 is 15.7 Å². The van der Waals surface area contributed by atoms with Gasteiger partial charge in [-0.2, -0.15) is 0 Å². The molecule has 0 bridgehead atoms. The van der Waals surface area contributed by atoms with E-state index in [9.17, 15) is 4.79 Å². The second-order valence-corrected chi connectivity index (χ2v) is 3.89. The van der Waals surface area contributed by atoms with E-state index in [1.54, 1.807) is 4.90 Å². The molecule has 1 amide bonds. The minimum absolute atomic E-state index is 0.00926. The van der Waals surface area contributed by atoms with Crippen molar-refractivity contribution in [3.63, 3.8) is 0 Å². The summed E-state index contributed by atoms with van der Waals surface area (Å²) < 4.78 is 0. The molecule has 1 saturated heterocycles. The molecule has 4 nitrogen and oxygen atoms in total. The van der Waals surface area contributed by atoms with Crippen molar-refractivity contribution in [3.8, 4) is 0 Å². The van der Waals surface area contributed by atoms with Gasteiger partial charge in [-0.15, -0.1) is 0 Å².